The van der Waals surface area contributed by atoms with Crippen LogP contribution in [-0.4, -0.2) is 14.7 Å². The molecule has 3 rings (SSSR count). The smallest absolute Gasteiger partial charge is 0.175 e. The van der Waals surface area contributed by atoms with Crippen molar-refractivity contribution in [1.82, 2.24) is 0 Å². The van der Waals surface area contributed by atoms with Crippen molar-refractivity contribution in [3.63, 3.8) is 0 Å². The van der Waals surface area contributed by atoms with E-state index in [1.165, 1.54) is 10.5 Å². The Hall–Kier alpha value is -0.980. The quantitative estimate of drug-likeness (QED) is 0.744. The van der Waals surface area contributed by atoms with E-state index in [2.05, 4.69) is 5.32 Å². The molecule has 1 N–H and O–H groups in total. The average Bonchev–Trinajstić information content (AvgIpc) is 2.70. The number of hydrogen-bond donors (Lipinski definition) is 1. The Labute approximate surface area is 108 Å². The summed E-state index contributed by atoms with van der Waals surface area (Å²) in [5, 5.41) is 5.28. The maximum atomic E-state index is 11.5. The van der Waals surface area contributed by atoms with Crippen LogP contribution in [-0.2, 0) is 9.84 Å². The summed E-state index contributed by atoms with van der Waals surface area (Å²) in [6.07, 6.45) is 1.22. The van der Waals surface area contributed by atoms with Gasteiger partial charge >= 0.3 is 0 Å². The first-order valence-corrected chi connectivity index (χ1v) is 8.49. The van der Waals surface area contributed by atoms with Gasteiger partial charge in [0.1, 0.15) is 0 Å². The normalized spacial score (nSPS) is 13.7. The molecule has 0 atom stereocenters. The van der Waals surface area contributed by atoms with Gasteiger partial charge in [0.25, 0.3) is 0 Å². The predicted molar refractivity (Wildman–Crippen MR) is 71.3 cm³/mol. The number of fused-ring (bicyclic) bond motifs is 2. The highest BCUT2D eigenvalue weighted by molar-refractivity contribution is 8.01. The molecule has 1 aliphatic rings. The molecule has 1 aromatic carbocycles. The summed E-state index contributed by atoms with van der Waals surface area (Å²) in [5.41, 5.74) is 1.92. The Kier molecular flexibility index (Phi) is 2.46. The molecular formula is C11H9NO2S3. The van der Waals surface area contributed by atoms with E-state index in [4.69, 9.17) is 0 Å². The van der Waals surface area contributed by atoms with E-state index in [0.29, 0.717) is 4.90 Å². The van der Waals surface area contributed by atoms with Crippen LogP contribution in [0.2, 0.25) is 0 Å². The van der Waals surface area contributed by atoms with Gasteiger partial charge in [0, 0.05) is 11.2 Å². The molecule has 88 valence electrons. The van der Waals surface area contributed by atoms with Gasteiger partial charge in [-0.05, 0) is 29.6 Å². The first kappa shape index (κ1) is 11.1. The van der Waals surface area contributed by atoms with Gasteiger partial charge in [-0.1, -0.05) is 11.8 Å². The fraction of sp³-hybridized carbons (Fsp3) is 0.0909. The Morgan fingerprint density at radius 3 is 2.76 bits per heavy atom. The zero-order valence-electron chi connectivity index (χ0n) is 8.93. The highest BCUT2D eigenvalue weighted by Crippen LogP contribution is 2.47. The number of rotatable bonds is 1. The number of benzene rings is 1. The van der Waals surface area contributed by atoms with Crippen molar-refractivity contribution in [3.05, 3.63) is 29.6 Å². The second-order valence-corrected chi connectivity index (χ2v) is 8.02. The van der Waals surface area contributed by atoms with E-state index in [9.17, 15) is 8.42 Å². The largest absolute Gasteiger partial charge is 0.353 e. The van der Waals surface area contributed by atoms with Crippen molar-refractivity contribution in [3.8, 4) is 0 Å². The molecule has 0 saturated carbocycles. The van der Waals surface area contributed by atoms with Gasteiger partial charge in [0.2, 0.25) is 0 Å². The third-order valence-electron chi connectivity index (χ3n) is 2.48. The van der Waals surface area contributed by atoms with Crippen LogP contribution in [0.25, 0.3) is 0 Å². The van der Waals surface area contributed by atoms with Crippen LogP contribution in [0.15, 0.2) is 43.6 Å². The molecule has 2 heterocycles. The second-order valence-electron chi connectivity index (χ2n) is 3.78. The third kappa shape index (κ3) is 1.96. The molecule has 0 unspecified atom stereocenters. The molecule has 0 amide bonds. The van der Waals surface area contributed by atoms with Gasteiger partial charge < -0.3 is 5.32 Å². The van der Waals surface area contributed by atoms with Crippen molar-refractivity contribution in [2.24, 2.45) is 0 Å². The third-order valence-corrected chi connectivity index (χ3v) is 5.82. The molecule has 0 radical (unpaired) electrons. The first-order valence-electron chi connectivity index (χ1n) is 4.90. The molecule has 17 heavy (non-hydrogen) atoms. The highest BCUT2D eigenvalue weighted by atomic mass is 32.2. The molecule has 0 saturated heterocycles. The first-order chi connectivity index (χ1) is 8.04. The fourth-order valence-electron chi connectivity index (χ4n) is 1.64. The van der Waals surface area contributed by atoms with E-state index < -0.39 is 9.84 Å². The van der Waals surface area contributed by atoms with E-state index in [-0.39, 0.29) is 0 Å². The summed E-state index contributed by atoms with van der Waals surface area (Å²) in [6, 6.07) is 7.20. The van der Waals surface area contributed by atoms with Crippen LogP contribution in [0.4, 0.5) is 11.4 Å². The van der Waals surface area contributed by atoms with Crippen molar-refractivity contribution in [2.45, 2.75) is 14.0 Å². The van der Waals surface area contributed by atoms with Crippen molar-refractivity contribution >= 4 is 44.3 Å². The van der Waals surface area contributed by atoms with Crippen LogP contribution in [0.5, 0.6) is 0 Å². The molecule has 0 bridgehead atoms. The lowest BCUT2D eigenvalue weighted by Crippen LogP contribution is -2.01. The van der Waals surface area contributed by atoms with Crippen molar-refractivity contribution in [1.29, 1.82) is 0 Å². The van der Waals surface area contributed by atoms with Crippen LogP contribution in [0.3, 0.4) is 0 Å². The maximum absolute atomic E-state index is 11.5. The highest BCUT2D eigenvalue weighted by Gasteiger charge is 2.18. The van der Waals surface area contributed by atoms with Gasteiger partial charge in [-0.3, -0.25) is 0 Å². The van der Waals surface area contributed by atoms with Gasteiger partial charge in [0.15, 0.2) is 9.84 Å². The Morgan fingerprint density at radius 2 is 2.00 bits per heavy atom. The fourth-order valence-corrected chi connectivity index (χ4v) is 4.27. The van der Waals surface area contributed by atoms with E-state index in [1.807, 2.05) is 17.5 Å². The molecule has 1 aliphatic heterocycles. The number of sulfone groups is 1. The minimum atomic E-state index is -3.15. The molecule has 0 aliphatic carbocycles. The molecular weight excluding hydrogens is 274 g/mol. The monoisotopic (exact) mass is 283 g/mol. The Morgan fingerprint density at radius 1 is 1.18 bits per heavy atom. The molecule has 6 heteroatoms. The lowest BCUT2D eigenvalue weighted by molar-refractivity contribution is 0.602. The van der Waals surface area contributed by atoms with E-state index >= 15 is 0 Å². The van der Waals surface area contributed by atoms with Crippen LogP contribution < -0.4 is 5.32 Å². The van der Waals surface area contributed by atoms with Crippen molar-refractivity contribution < 1.29 is 8.42 Å². The Bertz CT molecular complexity index is 688. The molecule has 2 aromatic rings. The summed E-state index contributed by atoms with van der Waals surface area (Å²) >= 11 is 3.35. The topological polar surface area (TPSA) is 46.2 Å². The van der Waals surface area contributed by atoms with E-state index in [0.717, 1.165) is 16.3 Å². The number of thiophene rings is 1. The molecule has 0 spiro atoms. The summed E-state index contributed by atoms with van der Waals surface area (Å²) in [6.45, 7) is 0. The van der Waals surface area contributed by atoms with Crippen LogP contribution >= 0.6 is 23.1 Å². The molecule has 3 nitrogen and oxygen atoms in total. The average molecular weight is 283 g/mol. The molecule has 1 aromatic heterocycles. The summed E-state index contributed by atoms with van der Waals surface area (Å²) in [4.78, 5) is 1.41. The van der Waals surface area contributed by atoms with Gasteiger partial charge in [-0.2, -0.15) is 0 Å². The minimum absolute atomic E-state index is 0.350. The second kappa shape index (κ2) is 3.76. The zero-order valence-corrected chi connectivity index (χ0v) is 11.4. The van der Waals surface area contributed by atoms with Crippen LogP contribution in [0.1, 0.15) is 0 Å². The van der Waals surface area contributed by atoms with Gasteiger partial charge in [0.05, 0.1) is 20.5 Å². The maximum Gasteiger partial charge on any atom is 0.175 e. The SMILES string of the molecule is CS(=O)(=O)c1ccc2c(c1)Nc1ccsc1S2. The Balaban J connectivity index is 2.10. The van der Waals surface area contributed by atoms with Gasteiger partial charge in [-0.25, -0.2) is 8.42 Å². The zero-order chi connectivity index (χ0) is 12.0. The van der Waals surface area contributed by atoms with E-state index in [1.54, 1.807) is 35.2 Å². The number of anilines is 2. The minimum Gasteiger partial charge on any atom is -0.353 e. The summed E-state index contributed by atoms with van der Waals surface area (Å²) < 4.78 is 24.2. The van der Waals surface area contributed by atoms with Crippen LogP contribution in [0, 0.1) is 0 Å². The lowest BCUT2D eigenvalue weighted by Gasteiger charge is -2.18. The predicted octanol–water partition coefficient (Wildman–Crippen LogP) is 3.36. The standard InChI is InChI=1S/C11H9NO2S3/c1-17(13,14)7-2-3-10-9(6-7)12-8-4-5-15-11(8)16-10/h2-6,12H,1H3. The summed E-state index contributed by atoms with van der Waals surface area (Å²) in [7, 11) is -3.15. The van der Waals surface area contributed by atoms with Gasteiger partial charge in [-0.15, -0.1) is 11.3 Å². The molecule has 0 fully saturated rings. The van der Waals surface area contributed by atoms with Crippen molar-refractivity contribution in [2.75, 3.05) is 11.6 Å². The summed E-state index contributed by atoms with van der Waals surface area (Å²) in [5.74, 6) is 0. The number of nitrogens with one attached hydrogen (secondary N) is 1. The number of hydrogen-bond acceptors (Lipinski definition) is 5. The lowest BCUT2D eigenvalue weighted by atomic mass is 10.3.